The predicted octanol–water partition coefficient (Wildman–Crippen LogP) is 19.2. The third-order valence-electron chi connectivity index (χ3n) is 26.2. The maximum Gasteiger partial charge on any atom is 0.302 e. The van der Waals surface area contributed by atoms with Crippen LogP contribution in [0.5, 0.6) is 0 Å². The Bertz CT molecular complexity index is 7220. The molecule has 3 heteroatoms. The van der Waals surface area contributed by atoms with Gasteiger partial charge < -0.3 is 9.47 Å². The van der Waals surface area contributed by atoms with Crippen LogP contribution in [0.4, 0.5) is 0 Å². The maximum atomic E-state index is 12.6. The number of carbonyl (C=O) groups is 1. The molecule has 0 bridgehead atoms. The Hall–Kier alpha value is -8.55. The highest BCUT2D eigenvalue weighted by Crippen LogP contribution is 2.85. The molecule has 0 saturated heterocycles. The molecule has 3 nitrogen and oxygen atoms in total. The quantitative estimate of drug-likeness (QED) is 0.0626. The molecule has 0 aliphatic heterocycles. The normalized spacial score (nSPS) is 21.1. The van der Waals surface area contributed by atoms with E-state index in [2.05, 4.69) is 25.7 Å². The highest BCUT2D eigenvalue weighted by atomic mass is 16.6. The van der Waals surface area contributed by atoms with Crippen molar-refractivity contribution in [2.24, 2.45) is 0 Å². The summed E-state index contributed by atoms with van der Waals surface area (Å²) in [5.41, 5.74) is 4.77. The van der Waals surface area contributed by atoms with Gasteiger partial charge in [0.25, 0.3) is 0 Å². The molecule has 338 valence electrons. The van der Waals surface area contributed by atoms with Gasteiger partial charge >= 0.3 is 5.97 Å². The fraction of sp³-hybridized carbons (Fsp3) is 0.176. The molecule has 28 aromatic rings. The van der Waals surface area contributed by atoms with Crippen molar-refractivity contribution in [3.63, 3.8) is 0 Å². The first kappa shape index (κ1) is 32.1. The van der Waals surface area contributed by atoms with Crippen LogP contribution >= 0.6 is 0 Å². The first-order valence-corrected chi connectivity index (χ1v) is 29.1. The van der Waals surface area contributed by atoms with Gasteiger partial charge in [0, 0.05) is 13.3 Å². The van der Waals surface area contributed by atoms with E-state index in [4.69, 9.17) is 9.47 Å². The second-order valence-corrected chi connectivity index (χ2v) is 27.3. The van der Waals surface area contributed by atoms with Crippen LogP contribution in [0.15, 0.2) is 0 Å². The highest BCUT2D eigenvalue weighted by molar-refractivity contribution is 6.82. The summed E-state index contributed by atoms with van der Waals surface area (Å²) in [6, 6.07) is 0. The Kier molecular flexibility index (Phi) is 3.29. The van der Waals surface area contributed by atoms with E-state index in [1.807, 2.05) is 0 Å². The van der Waals surface area contributed by atoms with E-state index in [-0.39, 0.29) is 18.7 Å². The summed E-state index contributed by atoms with van der Waals surface area (Å²) in [5, 5.41) is 85.8. The van der Waals surface area contributed by atoms with Crippen LogP contribution in [0.2, 0.25) is 0 Å². The van der Waals surface area contributed by atoms with Gasteiger partial charge in [0.15, 0.2) is 0 Å². The molecule has 28 aromatic carbocycles. The van der Waals surface area contributed by atoms with Crippen molar-refractivity contribution in [2.45, 2.75) is 69.8 Å². The number of benzene rings is 18. The van der Waals surface area contributed by atoms with Crippen LogP contribution < -0.4 is 0 Å². The lowest BCUT2D eigenvalue weighted by Crippen LogP contribution is -2.58. The van der Waals surface area contributed by atoms with E-state index in [0.717, 1.165) is 12.8 Å². The molecule has 1 unspecified atom stereocenters. The third kappa shape index (κ3) is 1.93. The third-order valence-corrected chi connectivity index (χ3v) is 26.2. The number of rotatable bonds is 9. The Morgan fingerprint density at radius 3 is 0.844 bits per heavy atom. The van der Waals surface area contributed by atoms with Crippen molar-refractivity contribution < 1.29 is 14.3 Å². The summed E-state index contributed by atoms with van der Waals surface area (Å²) in [4.78, 5) is 12.6. The van der Waals surface area contributed by atoms with Crippen molar-refractivity contribution in [2.75, 3.05) is 13.2 Å². The minimum absolute atomic E-state index is 0.238. The summed E-state index contributed by atoms with van der Waals surface area (Å²) in [7, 11) is 0. The van der Waals surface area contributed by atoms with Crippen molar-refractivity contribution in [1.82, 2.24) is 0 Å². The fourth-order valence-corrected chi connectivity index (χ4v) is 25.6. The van der Waals surface area contributed by atoms with Gasteiger partial charge in [-0.2, -0.15) is 0 Å². The molecule has 0 saturated carbocycles. The second kappa shape index (κ2) is 7.88. The van der Waals surface area contributed by atoms with E-state index in [1.54, 1.807) is 313 Å². The number of carbonyl (C=O) groups excluding carboxylic acids is 1. The van der Waals surface area contributed by atoms with Crippen LogP contribution in [0.3, 0.4) is 0 Å². The lowest BCUT2D eigenvalue weighted by atomic mass is 9.47. The van der Waals surface area contributed by atoms with Crippen molar-refractivity contribution in [3.8, 4) is 11.8 Å². The molecular formula is C74H24O3. The number of hydrogen-bond acceptors (Lipinski definition) is 3. The number of hydrogen-bond donors (Lipinski definition) is 0. The Morgan fingerprint density at radius 1 is 0.351 bits per heavy atom. The van der Waals surface area contributed by atoms with E-state index in [9.17, 15) is 4.79 Å². The summed E-state index contributed by atoms with van der Waals surface area (Å²) >= 11 is 0. The standard InChI is InChI=1S/C74H24O3/c1-4-5-6-7-8-9-10-73-69-61-53-43-33-25-17-15-16-19-23-21(17)29-37-31(23)41-35-27(19)28-20(16)24-22-18(15)26(25)34-40-30(22)38-32(24)42-36(28)46-45(35)57-51(41)59-49(37)55(47(53)39(29)33)63(69)65(59)71-67(57)68-58(46)52(42)60-50(38)56-48(40)54(44(34)43)62(61)70(73)64(56)66(60)72(68)74(71,73)13(2)76-11-12-77-14(3)75/h13H,4-8,11-12H2,1-3H3. The summed E-state index contributed by atoms with van der Waals surface area (Å²) in [5.74, 6) is 8.67. The largest absolute Gasteiger partial charge is 0.463 e. The molecule has 0 radical (unpaired) electrons. The van der Waals surface area contributed by atoms with Gasteiger partial charge in [-0.3, -0.25) is 4.79 Å². The van der Waals surface area contributed by atoms with Gasteiger partial charge in [0.2, 0.25) is 0 Å². The maximum absolute atomic E-state index is 12.6. The van der Waals surface area contributed by atoms with Crippen LogP contribution in [0.1, 0.15) is 75.1 Å². The van der Waals surface area contributed by atoms with E-state index in [0.29, 0.717) is 6.61 Å². The van der Waals surface area contributed by atoms with Crippen molar-refractivity contribution >= 4 is 297 Å². The molecule has 0 spiro atoms. The van der Waals surface area contributed by atoms with Gasteiger partial charge in [-0.25, -0.2) is 0 Å². The molecule has 4 aliphatic carbocycles. The second-order valence-electron chi connectivity index (χ2n) is 27.3. The fourth-order valence-electron chi connectivity index (χ4n) is 25.6. The van der Waals surface area contributed by atoms with Gasteiger partial charge in [-0.1, -0.05) is 32.1 Å². The number of esters is 1. The summed E-state index contributed by atoms with van der Waals surface area (Å²) in [6.07, 6.45) is 5.39. The minimum Gasteiger partial charge on any atom is -0.463 e. The number of unbranched alkanes of at least 4 members (excludes halogenated alkanes) is 4. The molecule has 0 N–H and O–H groups in total. The first-order chi connectivity index (χ1) is 38.1. The smallest absolute Gasteiger partial charge is 0.302 e. The molecule has 32 rings (SSSR count). The lowest BCUT2D eigenvalue weighted by molar-refractivity contribution is -0.143. The van der Waals surface area contributed by atoms with Gasteiger partial charge in [-0.05, 0) is 326 Å². The van der Waals surface area contributed by atoms with Gasteiger partial charge in [-0.15, -0.1) is 5.92 Å². The Morgan fingerprint density at radius 2 is 0.597 bits per heavy atom. The van der Waals surface area contributed by atoms with E-state index >= 15 is 0 Å². The SMILES string of the molecule is CCCCCCC#CC12c3c4c5c6c7c8c(c9c%10c1c1c3c3c%11c4c4c5c5c7c7c%12c8c8c9c9c%10c%10c1c1c3c3c%11c%11c4c4c5c7c5c7c%12c8c8c9c9c%10c1c1c3c3c%11c4c5c4c7c8c9c1c34)C62C(C)OCCOC(C)=O. The monoisotopic (exact) mass is 960 g/mol. The van der Waals surface area contributed by atoms with E-state index < -0.39 is 10.8 Å². The van der Waals surface area contributed by atoms with Crippen molar-refractivity contribution in [3.05, 3.63) is 22.3 Å². The summed E-state index contributed by atoms with van der Waals surface area (Å²) in [6.45, 7) is 6.91. The predicted molar refractivity (Wildman–Crippen MR) is 322 cm³/mol. The Labute approximate surface area is 425 Å². The lowest BCUT2D eigenvalue weighted by Gasteiger charge is -2.54. The molecule has 4 aliphatic rings. The first-order valence-electron chi connectivity index (χ1n) is 29.1. The van der Waals surface area contributed by atoms with E-state index in [1.165, 1.54) is 26.2 Å². The average Bonchev–Trinajstić information content (AvgIpc) is 1.45. The topological polar surface area (TPSA) is 35.5 Å². The molecule has 0 aromatic heterocycles. The molecule has 0 heterocycles. The molecule has 1 atom stereocenters. The zero-order valence-corrected chi connectivity index (χ0v) is 41.3. The number of ether oxygens (including phenoxy) is 2. The zero-order valence-electron chi connectivity index (χ0n) is 41.3. The molecule has 0 fully saturated rings. The Balaban J connectivity index is 1.08. The molecule has 77 heavy (non-hydrogen) atoms. The highest BCUT2D eigenvalue weighted by Gasteiger charge is 2.71. The molecular weight excluding hydrogens is 937 g/mol. The van der Waals surface area contributed by atoms with Crippen LogP contribution in [-0.2, 0) is 25.1 Å². The van der Waals surface area contributed by atoms with Crippen LogP contribution in [0.25, 0.3) is 291 Å². The minimum atomic E-state index is -0.732. The average molecular weight is 961 g/mol. The summed E-state index contributed by atoms with van der Waals surface area (Å²) < 4.78 is 13.5. The zero-order chi connectivity index (χ0) is 47.4. The van der Waals surface area contributed by atoms with Crippen LogP contribution in [0, 0.1) is 11.8 Å². The van der Waals surface area contributed by atoms with Crippen LogP contribution in [-0.4, -0.2) is 25.3 Å². The van der Waals surface area contributed by atoms with Gasteiger partial charge in [0.1, 0.15) is 6.61 Å². The molecule has 0 amide bonds. The van der Waals surface area contributed by atoms with Gasteiger partial charge in [0.05, 0.1) is 23.5 Å². The van der Waals surface area contributed by atoms with Crippen molar-refractivity contribution in [1.29, 1.82) is 0 Å².